The van der Waals surface area contributed by atoms with E-state index in [4.69, 9.17) is 0 Å². The summed E-state index contributed by atoms with van der Waals surface area (Å²) in [4.78, 5) is 16.4. The van der Waals surface area contributed by atoms with Crippen LogP contribution in [-0.4, -0.2) is 21.6 Å². The molecule has 2 aromatic rings. The van der Waals surface area contributed by atoms with Crippen LogP contribution in [0.25, 0.3) is 10.6 Å². The van der Waals surface area contributed by atoms with Crippen molar-refractivity contribution >= 4 is 22.9 Å². The Bertz CT molecular complexity index is 619. The van der Waals surface area contributed by atoms with Gasteiger partial charge in [0.25, 0.3) is 0 Å². The molecule has 0 bridgehead atoms. The van der Waals surface area contributed by atoms with E-state index < -0.39 is 5.60 Å². The molecule has 0 atom stereocenters. The maximum absolute atomic E-state index is 12.1. The minimum absolute atomic E-state index is 0.129. The highest BCUT2D eigenvalue weighted by Crippen LogP contribution is 2.32. The highest BCUT2D eigenvalue weighted by atomic mass is 32.1. The molecule has 4 nitrogen and oxygen atoms in total. The Morgan fingerprint density at radius 2 is 2.19 bits per heavy atom. The first-order valence-electron chi connectivity index (χ1n) is 7.17. The highest BCUT2D eigenvalue weighted by Gasteiger charge is 2.33. The SMILES string of the molecule is O=C(CC1(O)CCCC1)Nc1cccc(-c2nccs2)c1. The standard InChI is InChI=1S/C16H18N2O2S/c19-14(11-16(20)6-1-2-7-16)18-13-5-3-4-12(10-13)15-17-8-9-21-15/h3-5,8-10,20H,1-2,6-7,11H2,(H,18,19). The molecular weight excluding hydrogens is 284 g/mol. The molecule has 0 spiro atoms. The molecule has 5 heteroatoms. The molecule has 0 unspecified atom stereocenters. The fraction of sp³-hybridized carbons (Fsp3) is 0.375. The molecule has 1 heterocycles. The summed E-state index contributed by atoms with van der Waals surface area (Å²) in [5.41, 5.74) is 0.925. The van der Waals surface area contributed by atoms with Crippen LogP contribution in [0, 0.1) is 0 Å². The Labute approximate surface area is 127 Å². The predicted octanol–water partition coefficient (Wildman–Crippen LogP) is 3.44. The number of aromatic nitrogens is 1. The van der Waals surface area contributed by atoms with Gasteiger partial charge in [0.2, 0.25) is 5.91 Å². The van der Waals surface area contributed by atoms with E-state index in [1.165, 1.54) is 0 Å². The summed E-state index contributed by atoms with van der Waals surface area (Å²) in [6.45, 7) is 0. The van der Waals surface area contributed by atoms with E-state index in [2.05, 4.69) is 10.3 Å². The van der Waals surface area contributed by atoms with Gasteiger partial charge in [-0.15, -0.1) is 11.3 Å². The zero-order valence-corrected chi connectivity index (χ0v) is 12.5. The van der Waals surface area contributed by atoms with Crippen molar-refractivity contribution in [1.29, 1.82) is 0 Å². The van der Waals surface area contributed by atoms with Crippen molar-refractivity contribution in [3.8, 4) is 10.6 Å². The van der Waals surface area contributed by atoms with Gasteiger partial charge in [0, 0.05) is 22.8 Å². The second kappa shape index (κ2) is 5.95. The first-order chi connectivity index (χ1) is 10.1. The molecule has 1 saturated carbocycles. The predicted molar refractivity (Wildman–Crippen MR) is 84.2 cm³/mol. The Hall–Kier alpha value is -1.72. The van der Waals surface area contributed by atoms with Crippen LogP contribution in [0.15, 0.2) is 35.8 Å². The smallest absolute Gasteiger partial charge is 0.227 e. The third kappa shape index (κ3) is 3.49. The van der Waals surface area contributed by atoms with Crippen molar-refractivity contribution in [3.63, 3.8) is 0 Å². The molecule has 1 amide bonds. The minimum Gasteiger partial charge on any atom is -0.389 e. The Morgan fingerprint density at radius 1 is 1.38 bits per heavy atom. The summed E-state index contributed by atoms with van der Waals surface area (Å²) >= 11 is 1.57. The van der Waals surface area contributed by atoms with Crippen molar-refractivity contribution < 1.29 is 9.90 Å². The molecule has 2 N–H and O–H groups in total. The van der Waals surface area contributed by atoms with Gasteiger partial charge in [0.05, 0.1) is 12.0 Å². The quantitative estimate of drug-likeness (QED) is 0.909. The monoisotopic (exact) mass is 302 g/mol. The molecule has 3 rings (SSSR count). The lowest BCUT2D eigenvalue weighted by atomic mass is 9.97. The van der Waals surface area contributed by atoms with Gasteiger partial charge in [-0.3, -0.25) is 4.79 Å². The summed E-state index contributed by atoms with van der Waals surface area (Å²) in [7, 11) is 0. The number of carbonyl (C=O) groups is 1. The van der Waals surface area contributed by atoms with Gasteiger partial charge < -0.3 is 10.4 Å². The Balaban J connectivity index is 1.67. The van der Waals surface area contributed by atoms with E-state index in [0.717, 1.165) is 41.9 Å². The van der Waals surface area contributed by atoms with Crippen molar-refractivity contribution in [2.24, 2.45) is 0 Å². The van der Waals surface area contributed by atoms with Crippen LogP contribution in [0.5, 0.6) is 0 Å². The number of thiazole rings is 1. The number of benzene rings is 1. The van der Waals surface area contributed by atoms with Gasteiger partial charge in [-0.1, -0.05) is 25.0 Å². The van der Waals surface area contributed by atoms with E-state index in [0.29, 0.717) is 0 Å². The van der Waals surface area contributed by atoms with E-state index in [9.17, 15) is 9.90 Å². The fourth-order valence-corrected chi connectivity index (χ4v) is 3.45. The number of hydrogen-bond donors (Lipinski definition) is 2. The molecule has 110 valence electrons. The van der Waals surface area contributed by atoms with Crippen LogP contribution in [0.1, 0.15) is 32.1 Å². The molecule has 1 aromatic heterocycles. The van der Waals surface area contributed by atoms with Crippen molar-refractivity contribution in [2.45, 2.75) is 37.7 Å². The number of amides is 1. The largest absolute Gasteiger partial charge is 0.389 e. The van der Waals surface area contributed by atoms with Crippen molar-refractivity contribution in [1.82, 2.24) is 4.98 Å². The number of nitrogens with one attached hydrogen (secondary N) is 1. The van der Waals surface area contributed by atoms with Gasteiger partial charge in [0.15, 0.2) is 0 Å². The lowest BCUT2D eigenvalue weighted by Crippen LogP contribution is -2.30. The second-order valence-electron chi connectivity index (χ2n) is 5.57. The summed E-state index contributed by atoms with van der Waals surface area (Å²) in [6.07, 6.45) is 5.39. The first-order valence-corrected chi connectivity index (χ1v) is 8.05. The molecule has 1 fully saturated rings. The number of rotatable bonds is 4. The molecule has 21 heavy (non-hydrogen) atoms. The lowest BCUT2D eigenvalue weighted by molar-refractivity contribution is -0.120. The Morgan fingerprint density at radius 3 is 2.90 bits per heavy atom. The van der Waals surface area contributed by atoms with Crippen LogP contribution in [0.4, 0.5) is 5.69 Å². The number of aliphatic hydroxyl groups is 1. The third-order valence-corrected chi connectivity index (χ3v) is 4.67. The van der Waals surface area contributed by atoms with Crippen LogP contribution in [0.2, 0.25) is 0 Å². The van der Waals surface area contributed by atoms with E-state index >= 15 is 0 Å². The summed E-state index contributed by atoms with van der Waals surface area (Å²) in [6, 6.07) is 7.64. The fourth-order valence-electron chi connectivity index (χ4n) is 2.81. The maximum atomic E-state index is 12.1. The third-order valence-electron chi connectivity index (χ3n) is 3.85. The average Bonchev–Trinajstić information content (AvgIpc) is 3.10. The molecular formula is C16H18N2O2S. The summed E-state index contributed by atoms with van der Waals surface area (Å²) < 4.78 is 0. The number of anilines is 1. The molecule has 1 aliphatic carbocycles. The van der Waals surface area contributed by atoms with Gasteiger partial charge in [0.1, 0.15) is 5.01 Å². The van der Waals surface area contributed by atoms with Gasteiger partial charge in [-0.2, -0.15) is 0 Å². The number of hydrogen-bond acceptors (Lipinski definition) is 4. The minimum atomic E-state index is -0.809. The van der Waals surface area contributed by atoms with E-state index in [1.54, 1.807) is 17.5 Å². The van der Waals surface area contributed by atoms with Gasteiger partial charge in [-0.05, 0) is 25.0 Å². The summed E-state index contributed by atoms with van der Waals surface area (Å²) in [5.74, 6) is -0.129. The summed E-state index contributed by atoms with van der Waals surface area (Å²) in [5, 5.41) is 16.0. The van der Waals surface area contributed by atoms with Crippen LogP contribution >= 0.6 is 11.3 Å². The van der Waals surface area contributed by atoms with Crippen molar-refractivity contribution in [2.75, 3.05) is 5.32 Å². The van der Waals surface area contributed by atoms with Gasteiger partial charge in [-0.25, -0.2) is 4.98 Å². The van der Waals surface area contributed by atoms with Crippen LogP contribution < -0.4 is 5.32 Å². The average molecular weight is 302 g/mol. The van der Waals surface area contributed by atoms with Crippen molar-refractivity contribution in [3.05, 3.63) is 35.8 Å². The Kier molecular flexibility index (Phi) is 4.03. The van der Waals surface area contributed by atoms with Crippen LogP contribution in [0.3, 0.4) is 0 Å². The molecule has 1 aromatic carbocycles. The molecule has 0 saturated heterocycles. The second-order valence-corrected chi connectivity index (χ2v) is 6.47. The molecule has 0 radical (unpaired) electrons. The number of carbonyl (C=O) groups excluding carboxylic acids is 1. The van der Waals surface area contributed by atoms with E-state index in [1.807, 2.05) is 29.6 Å². The lowest BCUT2D eigenvalue weighted by Gasteiger charge is -2.21. The maximum Gasteiger partial charge on any atom is 0.227 e. The normalized spacial score (nSPS) is 16.8. The molecule has 1 aliphatic rings. The highest BCUT2D eigenvalue weighted by molar-refractivity contribution is 7.13. The van der Waals surface area contributed by atoms with Gasteiger partial charge >= 0.3 is 0 Å². The zero-order valence-electron chi connectivity index (χ0n) is 11.7. The first kappa shape index (κ1) is 14.2. The topological polar surface area (TPSA) is 62.2 Å². The van der Waals surface area contributed by atoms with Crippen LogP contribution in [-0.2, 0) is 4.79 Å². The van der Waals surface area contributed by atoms with E-state index in [-0.39, 0.29) is 12.3 Å². The zero-order chi connectivity index (χ0) is 14.7. The number of nitrogens with zero attached hydrogens (tertiary/aromatic N) is 1. The molecule has 0 aliphatic heterocycles.